The zero-order chi connectivity index (χ0) is 16.5. The quantitative estimate of drug-likeness (QED) is 0.457. The number of Topliss-reactive ketones (excluding diaryl/α,β-unsaturated/α-hetero) is 1. The van der Waals surface area contributed by atoms with Crippen LogP contribution in [0.15, 0.2) is 6.33 Å². The smallest absolute Gasteiger partial charge is 0.288 e. The molecule has 1 saturated heterocycles. The number of rotatable bonds is 6. The largest absolute Gasteiger partial charge is 0.394 e. The average molecular weight is 314 g/mol. The Balaban J connectivity index is 2.41. The maximum Gasteiger partial charge on any atom is 0.288 e. The lowest BCUT2D eigenvalue weighted by molar-refractivity contribution is -0.160. The Hall–Kier alpha value is -1.88. The molecule has 2 rings (SSSR count). The van der Waals surface area contributed by atoms with Crippen molar-refractivity contribution >= 4 is 11.7 Å². The summed E-state index contributed by atoms with van der Waals surface area (Å²) in [6, 6.07) is 0. The average Bonchev–Trinajstić information content (AvgIpc) is 3.05. The minimum atomic E-state index is -2.30. The van der Waals surface area contributed by atoms with Gasteiger partial charge in [0, 0.05) is 6.42 Å². The van der Waals surface area contributed by atoms with Crippen molar-refractivity contribution in [2.75, 3.05) is 6.61 Å². The van der Waals surface area contributed by atoms with Crippen molar-refractivity contribution in [3.63, 3.8) is 0 Å². The summed E-state index contributed by atoms with van der Waals surface area (Å²) >= 11 is 0. The van der Waals surface area contributed by atoms with Gasteiger partial charge in [0.2, 0.25) is 5.82 Å². The second kappa shape index (κ2) is 6.08. The maximum atomic E-state index is 12.2. The molecule has 2 heterocycles. The molecule has 22 heavy (non-hydrogen) atoms. The molecule has 4 atom stereocenters. The van der Waals surface area contributed by atoms with Gasteiger partial charge in [0.05, 0.1) is 6.61 Å². The maximum absolute atomic E-state index is 12.2. The van der Waals surface area contributed by atoms with Gasteiger partial charge in [0.25, 0.3) is 5.91 Å². The van der Waals surface area contributed by atoms with E-state index >= 15 is 0 Å². The second-order valence-electron chi connectivity index (χ2n) is 5.07. The fraction of sp³-hybridized carbons (Fsp3) is 0.667. The van der Waals surface area contributed by atoms with Crippen LogP contribution in [0.3, 0.4) is 0 Å². The Morgan fingerprint density at radius 2 is 2.23 bits per heavy atom. The Kier molecular flexibility index (Phi) is 4.56. The molecule has 1 aromatic rings. The van der Waals surface area contributed by atoms with Gasteiger partial charge in [-0.25, -0.2) is 9.67 Å². The molecule has 5 N–H and O–H groups in total. The number of carbonyl (C=O) groups excluding carboxylic acids is 2. The van der Waals surface area contributed by atoms with E-state index in [0.29, 0.717) is 6.42 Å². The van der Waals surface area contributed by atoms with Crippen LogP contribution in [0.2, 0.25) is 0 Å². The van der Waals surface area contributed by atoms with Gasteiger partial charge in [-0.3, -0.25) is 9.59 Å². The highest BCUT2D eigenvalue weighted by Gasteiger charge is 2.60. The van der Waals surface area contributed by atoms with Crippen LogP contribution in [0.5, 0.6) is 0 Å². The Bertz CT molecular complexity index is 576. The normalized spacial score (nSPS) is 31.4. The van der Waals surface area contributed by atoms with Crippen LogP contribution >= 0.6 is 0 Å². The summed E-state index contributed by atoms with van der Waals surface area (Å²) in [6.45, 7) is 1.14. The summed E-state index contributed by atoms with van der Waals surface area (Å²) in [5.41, 5.74) is 2.75. The number of aromatic nitrogens is 3. The minimum Gasteiger partial charge on any atom is -0.394 e. The number of aliphatic hydroxyl groups is 3. The van der Waals surface area contributed by atoms with Crippen molar-refractivity contribution in [3.8, 4) is 0 Å². The Morgan fingerprint density at radius 1 is 1.55 bits per heavy atom. The Morgan fingerprint density at radius 3 is 2.73 bits per heavy atom. The zero-order valence-corrected chi connectivity index (χ0v) is 11.9. The molecule has 1 fully saturated rings. The summed E-state index contributed by atoms with van der Waals surface area (Å²) in [5.74, 6) is -1.87. The lowest BCUT2D eigenvalue weighted by Crippen LogP contribution is -2.53. The van der Waals surface area contributed by atoms with Gasteiger partial charge in [-0.2, -0.15) is 0 Å². The lowest BCUT2D eigenvalue weighted by Gasteiger charge is -2.29. The first kappa shape index (κ1) is 16.5. The number of nitrogens with two attached hydrogens (primary N) is 1. The molecule has 10 nitrogen and oxygen atoms in total. The molecule has 0 aromatic carbocycles. The summed E-state index contributed by atoms with van der Waals surface area (Å²) in [5, 5.41) is 33.8. The van der Waals surface area contributed by atoms with Crippen molar-refractivity contribution in [1.29, 1.82) is 0 Å². The van der Waals surface area contributed by atoms with Gasteiger partial charge < -0.3 is 25.8 Å². The van der Waals surface area contributed by atoms with Crippen molar-refractivity contribution in [2.45, 2.75) is 43.8 Å². The number of hydrogen-bond acceptors (Lipinski definition) is 8. The van der Waals surface area contributed by atoms with Crippen molar-refractivity contribution in [2.24, 2.45) is 5.73 Å². The minimum absolute atomic E-state index is 0.00292. The molecule has 10 heteroatoms. The van der Waals surface area contributed by atoms with E-state index in [1.165, 1.54) is 0 Å². The lowest BCUT2D eigenvalue weighted by atomic mass is 9.87. The van der Waals surface area contributed by atoms with Crippen LogP contribution in [0.1, 0.15) is 36.6 Å². The molecular formula is C12H18N4O6. The van der Waals surface area contributed by atoms with Gasteiger partial charge >= 0.3 is 0 Å². The molecular weight excluding hydrogens is 296 g/mol. The number of ether oxygens (including phenoxy) is 1. The van der Waals surface area contributed by atoms with Gasteiger partial charge in [-0.1, -0.05) is 6.92 Å². The van der Waals surface area contributed by atoms with Crippen molar-refractivity contribution < 1.29 is 29.6 Å². The van der Waals surface area contributed by atoms with E-state index in [1.54, 1.807) is 6.92 Å². The summed E-state index contributed by atoms with van der Waals surface area (Å²) in [6.07, 6.45) is -2.71. The van der Waals surface area contributed by atoms with Gasteiger partial charge in [0.1, 0.15) is 18.5 Å². The van der Waals surface area contributed by atoms with E-state index in [9.17, 15) is 24.9 Å². The van der Waals surface area contributed by atoms with E-state index in [1.807, 2.05) is 0 Å². The molecule has 0 spiro atoms. The predicted octanol–water partition coefficient (Wildman–Crippen LogP) is -2.27. The summed E-state index contributed by atoms with van der Waals surface area (Å²) in [7, 11) is 0. The molecule has 122 valence electrons. The number of primary amides is 1. The van der Waals surface area contributed by atoms with E-state index < -0.39 is 42.3 Å². The van der Waals surface area contributed by atoms with Crippen LogP contribution in [0.4, 0.5) is 0 Å². The van der Waals surface area contributed by atoms with Gasteiger partial charge in [0.15, 0.2) is 17.6 Å². The van der Waals surface area contributed by atoms with E-state index in [0.717, 1.165) is 11.0 Å². The molecule has 0 saturated carbocycles. The monoisotopic (exact) mass is 314 g/mol. The SMILES string of the molecule is CCCC(=O)[C@@]1(O)[C@H](O)[C@@H](CO)O[C@H]1n1cnc(C(N)=O)n1. The number of hydrogen-bond donors (Lipinski definition) is 4. The number of nitrogens with zero attached hydrogens (tertiary/aromatic N) is 3. The molecule has 0 bridgehead atoms. The highest BCUT2D eigenvalue weighted by Crippen LogP contribution is 2.39. The highest BCUT2D eigenvalue weighted by atomic mass is 16.6. The summed E-state index contributed by atoms with van der Waals surface area (Å²) in [4.78, 5) is 26.9. The third-order valence-corrected chi connectivity index (χ3v) is 3.56. The van der Waals surface area contributed by atoms with Crippen LogP contribution in [-0.2, 0) is 9.53 Å². The molecule has 1 aliphatic heterocycles. The number of ketones is 1. The number of carbonyl (C=O) groups is 2. The first-order chi connectivity index (χ1) is 10.4. The van der Waals surface area contributed by atoms with Gasteiger partial charge in [-0.15, -0.1) is 5.10 Å². The second-order valence-corrected chi connectivity index (χ2v) is 5.07. The molecule has 0 radical (unpaired) electrons. The van der Waals surface area contributed by atoms with Crippen LogP contribution in [-0.4, -0.2) is 66.2 Å². The summed E-state index contributed by atoms with van der Waals surface area (Å²) < 4.78 is 6.26. The van der Waals surface area contributed by atoms with Crippen molar-refractivity contribution in [1.82, 2.24) is 14.8 Å². The number of amides is 1. The zero-order valence-electron chi connectivity index (χ0n) is 11.9. The van der Waals surface area contributed by atoms with Crippen LogP contribution in [0, 0.1) is 0 Å². The first-order valence-corrected chi connectivity index (χ1v) is 6.77. The Labute approximate surface area is 125 Å². The number of aliphatic hydroxyl groups excluding tert-OH is 2. The third-order valence-electron chi connectivity index (χ3n) is 3.56. The van der Waals surface area contributed by atoms with Gasteiger partial charge in [-0.05, 0) is 6.42 Å². The topological polar surface area (TPSA) is 161 Å². The molecule has 1 aromatic heterocycles. The van der Waals surface area contributed by atoms with Crippen molar-refractivity contribution in [3.05, 3.63) is 12.2 Å². The van der Waals surface area contributed by atoms with Crippen LogP contribution < -0.4 is 5.73 Å². The molecule has 0 aliphatic carbocycles. The van der Waals surface area contributed by atoms with Crippen LogP contribution in [0.25, 0.3) is 0 Å². The van der Waals surface area contributed by atoms with E-state index in [2.05, 4.69) is 10.1 Å². The first-order valence-electron chi connectivity index (χ1n) is 6.77. The molecule has 1 aliphatic rings. The fourth-order valence-electron chi connectivity index (χ4n) is 2.41. The van der Waals surface area contributed by atoms with E-state index in [-0.39, 0.29) is 12.2 Å². The van der Waals surface area contributed by atoms with E-state index in [4.69, 9.17) is 10.5 Å². The standard InChI is InChI=1S/C12H18N4O6/c1-2-3-7(18)12(21)8(19)6(4-17)22-11(12)16-5-14-10(15-16)9(13)20/h5-6,8,11,17,19,21H,2-4H2,1H3,(H2,13,20)/t6-,8-,11-,12-/m1/s1. The predicted molar refractivity (Wildman–Crippen MR) is 70.4 cm³/mol. The molecule has 1 amide bonds. The third kappa shape index (κ3) is 2.50. The fourth-order valence-corrected chi connectivity index (χ4v) is 2.41. The molecule has 0 unspecified atom stereocenters. The highest BCUT2D eigenvalue weighted by molar-refractivity contribution is 5.89.